The molecule has 1 heterocycles. The lowest BCUT2D eigenvalue weighted by Crippen LogP contribution is -2.50. The molecule has 1 aliphatic heterocycles. The summed E-state index contributed by atoms with van der Waals surface area (Å²) < 4.78 is 11.1. The number of ether oxygens (including phenoxy) is 2. The number of azide groups is 1. The fourth-order valence-corrected chi connectivity index (χ4v) is 2.13. The summed E-state index contributed by atoms with van der Waals surface area (Å²) in [5.41, 5.74) is 8.13. The second-order valence-electron chi connectivity index (χ2n) is 4.49. The average Bonchev–Trinajstić information content (AvgIpc) is 2.34. The highest BCUT2D eigenvalue weighted by atomic mass is 16.7. The van der Waals surface area contributed by atoms with Crippen LogP contribution in [0.4, 0.5) is 0 Å². The minimum Gasteiger partial charge on any atom is -0.388 e. The van der Waals surface area contributed by atoms with E-state index in [2.05, 4.69) is 23.9 Å². The predicted octanol–water partition coefficient (Wildman–Crippen LogP) is 2.08. The molecule has 0 aromatic carbocycles. The van der Waals surface area contributed by atoms with Crippen LogP contribution in [0.15, 0.2) is 5.11 Å². The Balaban J connectivity index is 2.50. The van der Waals surface area contributed by atoms with Crippen molar-refractivity contribution in [1.29, 1.82) is 0 Å². The highest BCUT2D eigenvalue weighted by Crippen LogP contribution is 2.32. The summed E-state index contributed by atoms with van der Waals surface area (Å²) in [6.07, 6.45) is -0.231. The molecular formula is C11H21N3O3. The molecule has 17 heavy (non-hydrogen) atoms. The minimum atomic E-state index is -0.626. The van der Waals surface area contributed by atoms with Gasteiger partial charge < -0.3 is 14.6 Å². The Hall–Kier alpha value is -0.810. The lowest BCUT2D eigenvalue weighted by atomic mass is 9.83. The van der Waals surface area contributed by atoms with Crippen molar-refractivity contribution in [3.8, 4) is 0 Å². The lowest BCUT2D eigenvalue weighted by Gasteiger charge is -2.42. The largest absolute Gasteiger partial charge is 0.388 e. The number of aliphatic hydroxyl groups excluding tert-OH is 1. The van der Waals surface area contributed by atoms with Gasteiger partial charge >= 0.3 is 0 Å². The fourth-order valence-electron chi connectivity index (χ4n) is 2.13. The second kappa shape index (κ2) is 6.81. The maximum absolute atomic E-state index is 10.0. The molecular weight excluding hydrogens is 222 g/mol. The van der Waals surface area contributed by atoms with E-state index in [0.29, 0.717) is 5.92 Å². The Morgan fingerprint density at radius 1 is 1.41 bits per heavy atom. The third-order valence-electron chi connectivity index (χ3n) is 3.48. The Kier molecular flexibility index (Phi) is 5.71. The van der Waals surface area contributed by atoms with Gasteiger partial charge in [0.15, 0.2) is 6.29 Å². The Bertz CT molecular complexity index is 279. The van der Waals surface area contributed by atoms with Gasteiger partial charge in [-0.2, -0.15) is 0 Å². The molecule has 0 aliphatic carbocycles. The molecule has 0 aromatic rings. The molecule has 1 N–H and O–H groups in total. The first kappa shape index (κ1) is 14.3. The first-order valence-corrected chi connectivity index (χ1v) is 6.07. The zero-order chi connectivity index (χ0) is 12.8. The quantitative estimate of drug-likeness (QED) is 0.347. The van der Waals surface area contributed by atoms with E-state index in [9.17, 15) is 5.11 Å². The van der Waals surface area contributed by atoms with Crippen LogP contribution >= 0.6 is 0 Å². The van der Waals surface area contributed by atoms with Gasteiger partial charge in [0.25, 0.3) is 0 Å². The van der Waals surface area contributed by atoms with E-state index in [1.165, 1.54) is 0 Å². The number of nitrogens with zero attached hydrogens (tertiary/aromatic N) is 3. The topological polar surface area (TPSA) is 87.5 Å². The SMILES string of the molecule is CCC1O[C@@H](OCCN=[N+]=[N-])C(O)[C@@H](C)[C@@H]1C. The highest BCUT2D eigenvalue weighted by molar-refractivity contribution is 4.83. The predicted molar refractivity (Wildman–Crippen MR) is 63.3 cm³/mol. The molecule has 6 heteroatoms. The van der Waals surface area contributed by atoms with Crippen molar-refractivity contribution in [2.24, 2.45) is 17.0 Å². The van der Waals surface area contributed by atoms with Crippen LogP contribution in [0.2, 0.25) is 0 Å². The second-order valence-corrected chi connectivity index (χ2v) is 4.49. The third kappa shape index (κ3) is 3.57. The lowest BCUT2D eigenvalue weighted by molar-refractivity contribution is -0.269. The summed E-state index contributed by atoms with van der Waals surface area (Å²) >= 11 is 0. The standard InChI is InChI=1S/C11H21N3O3/c1-4-9-7(2)8(3)10(15)11(17-9)16-6-5-13-14-12/h7-11,15H,4-6H2,1-3H3/t7-,8-,9?,10?,11+/m0/s1. The number of hydrogen-bond donors (Lipinski definition) is 1. The van der Waals surface area contributed by atoms with Crippen LogP contribution in [-0.2, 0) is 9.47 Å². The molecule has 0 aromatic heterocycles. The Morgan fingerprint density at radius 3 is 2.71 bits per heavy atom. The molecule has 1 rings (SSSR count). The minimum absolute atomic E-state index is 0.109. The van der Waals surface area contributed by atoms with Crippen LogP contribution in [0.25, 0.3) is 10.4 Å². The van der Waals surface area contributed by atoms with E-state index in [1.807, 2.05) is 6.92 Å². The molecule has 6 nitrogen and oxygen atoms in total. The molecule has 0 bridgehead atoms. The van der Waals surface area contributed by atoms with Crippen LogP contribution in [0.1, 0.15) is 27.2 Å². The van der Waals surface area contributed by atoms with Gasteiger partial charge in [-0.15, -0.1) is 0 Å². The van der Waals surface area contributed by atoms with Crippen LogP contribution in [0.5, 0.6) is 0 Å². The number of rotatable bonds is 5. The monoisotopic (exact) mass is 243 g/mol. The van der Waals surface area contributed by atoms with Gasteiger partial charge in [-0.25, -0.2) is 0 Å². The summed E-state index contributed by atoms with van der Waals surface area (Å²) in [6.45, 7) is 6.66. The van der Waals surface area contributed by atoms with E-state index in [4.69, 9.17) is 15.0 Å². The summed E-state index contributed by atoms with van der Waals surface area (Å²) in [7, 11) is 0. The smallest absolute Gasteiger partial charge is 0.183 e. The molecule has 1 fully saturated rings. The summed E-state index contributed by atoms with van der Waals surface area (Å²) in [5.74, 6) is 0.449. The van der Waals surface area contributed by atoms with Gasteiger partial charge in [0.2, 0.25) is 0 Å². The van der Waals surface area contributed by atoms with Crippen molar-refractivity contribution < 1.29 is 14.6 Å². The molecule has 2 unspecified atom stereocenters. The Morgan fingerprint density at radius 2 is 2.12 bits per heavy atom. The van der Waals surface area contributed by atoms with Gasteiger partial charge in [-0.05, 0) is 23.8 Å². The average molecular weight is 243 g/mol. The van der Waals surface area contributed by atoms with Gasteiger partial charge in [0, 0.05) is 11.5 Å². The van der Waals surface area contributed by atoms with E-state index in [0.717, 1.165) is 6.42 Å². The van der Waals surface area contributed by atoms with Crippen LogP contribution in [-0.4, -0.2) is 36.8 Å². The first-order chi connectivity index (χ1) is 8.11. The Labute approximate surface area is 102 Å². The van der Waals surface area contributed by atoms with E-state index >= 15 is 0 Å². The third-order valence-corrected chi connectivity index (χ3v) is 3.48. The van der Waals surface area contributed by atoms with E-state index in [-0.39, 0.29) is 25.2 Å². The molecule has 1 aliphatic rings. The summed E-state index contributed by atoms with van der Waals surface area (Å²) in [6, 6.07) is 0. The highest BCUT2D eigenvalue weighted by Gasteiger charge is 2.40. The van der Waals surface area contributed by atoms with Gasteiger partial charge in [0.1, 0.15) is 6.10 Å². The first-order valence-electron chi connectivity index (χ1n) is 6.07. The van der Waals surface area contributed by atoms with Crippen molar-refractivity contribution in [3.05, 3.63) is 10.4 Å². The number of aliphatic hydroxyl groups is 1. The molecule has 0 amide bonds. The normalized spacial score (nSPS) is 37.5. The zero-order valence-electron chi connectivity index (χ0n) is 10.6. The van der Waals surface area contributed by atoms with Crippen molar-refractivity contribution in [2.75, 3.05) is 13.2 Å². The fraction of sp³-hybridized carbons (Fsp3) is 1.00. The van der Waals surface area contributed by atoms with Crippen molar-refractivity contribution in [2.45, 2.75) is 45.7 Å². The molecule has 5 atom stereocenters. The van der Waals surface area contributed by atoms with Crippen molar-refractivity contribution in [1.82, 2.24) is 0 Å². The molecule has 0 spiro atoms. The molecule has 0 radical (unpaired) electrons. The van der Waals surface area contributed by atoms with Gasteiger partial charge in [0.05, 0.1) is 12.7 Å². The van der Waals surface area contributed by atoms with Gasteiger partial charge in [-0.3, -0.25) is 0 Å². The summed E-state index contributed by atoms with van der Waals surface area (Å²) in [5, 5.41) is 13.4. The zero-order valence-corrected chi connectivity index (χ0v) is 10.6. The van der Waals surface area contributed by atoms with Crippen molar-refractivity contribution in [3.63, 3.8) is 0 Å². The van der Waals surface area contributed by atoms with Crippen LogP contribution in [0.3, 0.4) is 0 Å². The summed E-state index contributed by atoms with van der Waals surface area (Å²) in [4.78, 5) is 2.64. The van der Waals surface area contributed by atoms with E-state index < -0.39 is 12.4 Å². The molecule has 98 valence electrons. The van der Waals surface area contributed by atoms with Crippen molar-refractivity contribution >= 4 is 0 Å². The van der Waals surface area contributed by atoms with Crippen LogP contribution < -0.4 is 0 Å². The number of hydrogen-bond acceptors (Lipinski definition) is 4. The molecule has 1 saturated heterocycles. The van der Waals surface area contributed by atoms with E-state index in [1.54, 1.807) is 0 Å². The molecule has 0 saturated carbocycles. The maximum Gasteiger partial charge on any atom is 0.183 e. The maximum atomic E-state index is 10.0. The van der Waals surface area contributed by atoms with Crippen LogP contribution in [0, 0.1) is 11.8 Å². The van der Waals surface area contributed by atoms with Gasteiger partial charge in [-0.1, -0.05) is 25.9 Å².